The van der Waals surface area contributed by atoms with Gasteiger partial charge in [-0.1, -0.05) is 70.2 Å². The number of nitrogens with zero attached hydrogens (tertiary/aromatic N) is 3. The Morgan fingerprint density at radius 1 is 0.947 bits per heavy atom. The molecule has 0 aliphatic heterocycles. The first kappa shape index (κ1) is 26.8. The molecule has 0 atom stereocenters. The lowest BCUT2D eigenvalue weighted by atomic mass is 9.86. The lowest BCUT2D eigenvalue weighted by Gasteiger charge is -2.23. The monoisotopic (exact) mass is 512 g/mol. The van der Waals surface area contributed by atoms with Crippen LogP contribution in [-0.2, 0) is 10.2 Å². The summed E-state index contributed by atoms with van der Waals surface area (Å²) in [6, 6.07) is 24.8. The molecular formula is C31H33FN4O2. The minimum Gasteiger partial charge on any atom is -0.329 e. The number of nitrogens with one attached hydrogen (secondary N) is 1. The highest BCUT2D eigenvalue weighted by Crippen LogP contribution is 2.25. The zero-order chi connectivity index (χ0) is 27.3. The highest BCUT2D eigenvalue weighted by molar-refractivity contribution is 5.99. The molecule has 0 unspecified atom stereocenters. The zero-order valence-corrected chi connectivity index (χ0v) is 22.2. The number of hydrogen-bond acceptors (Lipinski definition) is 3. The molecule has 4 aromatic rings. The minimum absolute atomic E-state index is 0.0172. The van der Waals surface area contributed by atoms with E-state index in [2.05, 4.69) is 31.2 Å². The summed E-state index contributed by atoms with van der Waals surface area (Å²) in [4.78, 5) is 28.0. The largest absolute Gasteiger partial charge is 0.329 e. The standard InChI is InChI=1S/C31H33FN4O2/c1-5-19-35(30(38)23-11-13-24(14-12-23)31(2,3)4)21-29(37)33-28-20-27(22-9-7-6-8-10-22)34-36(28)26-17-15-25(32)16-18-26/h6-18,20H,5,19,21H2,1-4H3,(H,33,37). The second kappa shape index (κ2) is 11.4. The van der Waals surface area contributed by atoms with Gasteiger partial charge in [-0.05, 0) is 53.8 Å². The topological polar surface area (TPSA) is 67.2 Å². The van der Waals surface area contributed by atoms with E-state index in [4.69, 9.17) is 0 Å². The normalized spacial score (nSPS) is 11.3. The van der Waals surface area contributed by atoms with E-state index in [-0.39, 0.29) is 29.6 Å². The number of aromatic nitrogens is 2. The van der Waals surface area contributed by atoms with Crippen molar-refractivity contribution in [2.45, 2.75) is 39.5 Å². The molecule has 196 valence electrons. The first-order valence-corrected chi connectivity index (χ1v) is 12.8. The molecule has 2 amide bonds. The molecule has 0 aliphatic rings. The van der Waals surface area contributed by atoms with Gasteiger partial charge in [0, 0.05) is 23.7 Å². The smallest absolute Gasteiger partial charge is 0.254 e. The van der Waals surface area contributed by atoms with Crippen LogP contribution < -0.4 is 5.32 Å². The number of benzene rings is 3. The van der Waals surface area contributed by atoms with E-state index in [0.29, 0.717) is 35.7 Å². The molecule has 7 heteroatoms. The number of rotatable bonds is 8. The van der Waals surface area contributed by atoms with Crippen molar-refractivity contribution in [1.29, 1.82) is 0 Å². The minimum atomic E-state index is -0.362. The van der Waals surface area contributed by atoms with Gasteiger partial charge in [-0.15, -0.1) is 0 Å². The third-order valence-electron chi connectivity index (χ3n) is 6.23. The van der Waals surface area contributed by atoms with Crippen LogP contribution in [0.2, 0.25) is 0 Å². The van der Waals surface area contributed by atoms with E-state index in [9.17, 15) is 14.0 Å². The van der Waals surface area contributed by atoms with Gasteiger partial charge in [0.15, 0.2) is 0 Å². The summed E-state index contributed by atoms with van der Waals surface area (Å²) >= 11 is 0. The van der Waals surface area contributed by atoms with Gasteiger partial charge in [0.1, 0.15) is 18.2 Å². The Kier molecular flexibility index (Phi) is 8.05. The molecule has 1 N–H and O–H groups in total. The highest BCUT2D eigenvalue weighted by Gasteiger charge is 2.21. The predicted molar refractivity (Wildman–Crippen MR) is 149 cm³/mol. The second-order valence-corrected chi connectivity index (χ2v) is 10.3. The quantitative estimate of drug-likeness (QED) is 0.294. The van der Waals surface area contributed by atoms with Crippen LogP contribution in [0.4, 0.5) is 10.2 Å². The molecule has 3 aromatic carbocycles. The van der Waals surface area contributed by atoms with Crippen LogP contribution in [0, 0.1) is 5.82 Å². The molecule has 1 aromatic heterocycles. The SMILES string of the molecule is CCCN(CC(=O)Nc1cc(-c2ccccc2)nn1-c1ccc(F)cc1)C(=O)c1ccc(C(C)(C)C)cc1. The number of halogens is 1. The van der Waals surface area contributed by atoms with Crippen LogP contribution in [0.15, 0.2) is 84.9 Å². The number of hydrogen-bond donors (Lipinski definition) is 1. The van der Waals surface area contributed by atoms with Crippen LogP contribution in [0.1, 0.15) is 50.0 Å². The van der Waals surface area contributed by atoms with Crippen LogP contribution in [-0.4, -0.2) is 39.6 Å². The van der Waals surface area contributed by atoms with Gasteiger partial charge < -0.3 is 10.2 Å². The van der Waals surface area contributed by atoms with Crippen LogP contribution in [0.3, 0.4) is 0 Å². The summed E-state index contributed by atoms with van der Waals surface area (Å²) in [6.45, 7) is 8.67. The van der Waals surface area contributed by atoms with E-state index in [1.165, 1.54) is 12.1 Å². The van der Waals surface area contributed by atoms with E-state index in [0.717, 1.165) is 11.1 Å². The van der Waals surface area contributed by atoms with Gasteiger partial charge in [0.25, 0.3) is 5.91 Å². The number of amides is 2. The van der Waals surface area contributed by atoms with Crippen molar-refractivity contribution in [2.24, 2.45) is 0 Å². The lowest BCUT2D eigenvalue weighted by Crippen LogP contribution is -2.38. The summed E-state index contributed by atoms with van der Waals surface area (Å²) in [5, 5.41) is 7.57. The molecule has 0 aliphatic carbocycles. The molecule has 38 heavy (non-hydrogen) atoms. The molecular weight excluding hydrogens is 479 g/mol. The molecule has 0 spiro atoms. The number of carbonyl (C=O) groups is 2. The maximum absolute atomic E-state index is 13.6. The maximum Gasteiger partial charge on any atom is 0.254 e. The third-order valence-corrected chi connectivity index (χ3v) is 6.23. The van der Waals surface area contributed by atoms with Gasteiger partial charge >= 0.3 is 0 Å². The van der Waals surface area contributed by atoms with E-state index in [1.807, 2.05) is 61.5 Å². The Bertz CT molecular complexity index is 1390. The van der Waals surface area contributed by atoms with Gasteiger partial charge in [0.05, 0.1) is 11.4 Å². The first-order valence-electron chi connectivity index (χ1n) is 12.8. The van der Waals surface area contributed by atoms with E-state index < -0.39 is 0 Å². The summed E-state index contributed by atoms with van der Waals surface area (Å²) in [5.41, 5.74) is 3.80. The van der Waals surface area contributed by atoms with Crippen LogP contribution >= 0.6 is 0 Å². The van der Waals surface area contributed by atoms with E-state index >= 15 is 0 Å². The van der Waals surface area contributed by atoms with Gasteiger partial charge in [-0.3, -0.25) is 9.59 Å². The Balaban J connectivity index is 1.57. The maximum atomic E-state index is 13.6. The molecule has 1 heterocycles. The fourth-order valence-corrected chi connectivity index (χ4v) is 4.17. The van der Waals surface area contributed by atoms with Crippen molar-refractivity contribution in [2.75, 3.05) is 18.4 Å². The lowest BCUT2D eigenvalue weighted by molar-refractivity contribution is -0.116. The second-order valence-electron chi connectivity index (χ2n) is 10.3. The van der Waals surface area contributed by atoms with Crippen molar-refractivity contribution in [3.8, 4) is 16.9 Å². The molecule has 0 bridgehead atoms. The molecule has 0 saturated carbocycles. The van der Waals surface area contributed by atoms with Crippen molar-refractivity contribution in [1.82, 2.24) is 14.7 Å². The fourth-order valence-electron chi connectivity index (χ4n) is 4.17. The molecule has 0 radical (unpaired) electrons. The Hall–Kier alpha value is -4.26. The Morgan fingerprint density at radius 3 is 2.21 bits per heavy atom. The van der Waals surface area contributed by atoms with E-state index in [1.54, 1.807) is 27.8 Å². The summed E-state index contributed by atoms with van der Waals surface area (Å²) in [6.07, 6.45) is 0.713. The molecule has 0 fully saturated rings. The Labute approximate surface area is 223 Å². The van der Waals surface area contributed by atoms with Gasteiger partial charge in [0.2, 0.25) is 5.91 Å². The average Bonchev–Trinajstić information content (AvgIpc) is 3.32. The summed E-state index contributed by atoms with van der Waals surface area (Å²) < 4.78 is 15.1. The van der Waals surface area contributed by atoms with Gasteiger partial charge in [-0.25, -0.2) is 9.07 Å². The predicted octanol–water partition coefficient (Wildman–Crippen LogP) is 6.47. The third kappa shape index (κ3) is 6.35. The molecule has 0 saturated heterocycles. The summed E-state index contributed by atoms with van der Waals surface area (Å²) in [7, 11) is 0. The number of anilines is 1. The first-order chi connectivity index (χ1) is 18.2. The Morgan fingerprint density at radius 2 is 1.61 bits per heavy atom. The van der Waals surface area contributed by atoms with Crippen molar-refractivity contribution < 1.29 is 14.0 Å². The van der Waals surface area contributed by atoms with Crippen LogP contribution in [0.25, 0.3) is 16.9 Å². The summed E-state index contributed by atoms with van der Waals surface area (Å²) in [5.74, 6) is -0.474. The zero-order valence-electron chi connectivity index (χ0n) is 22.2. The molecule has 4 rings (SSSR count). The average molecular weight is 513 g/mol. The fraction of sp³-hybridized carbons (Fsp3) is 0.258. The van der Waals surface area contributed by atoms with Crippen molar-refractivity contribution >= 4 is 17.6 Å². The number of carbonyl (C=O) groups excluding carboxylic acids is 2. The van der Waals surface area contributed by atoms with Crippen molar-refractivity contribution in [3.05, 3.63) is 102 Å². The molecule has 6 nitrogen and oxygen atoms in total. The van der Waals surface area contributed by atoms with Crippen LogP contribution in [0.5, 0.6) is 0 Å². The highest BCUT2D eigenvalue weighted by atomic mass is 19.1. The van der Waals surface area contributed by atoms with Crippen molar-refractivity contribution in [3.63, 3.8) is 0 Å². The van der Waals surface area contributed by atoms with Gasteiger partial charge in [-0.2, -0.15) is 5.10 Å².